The second-order valence-electron chi connectivity index (χ2n) is 6.64. The van der Waals surface area contributed by atoms with E-state index in [0.29, 0.717) is 12.6 Å². The molecule has 5 heteroatoms. The normalized spacial score (nSPS) is 21.5. The zero-order valence-corrected chi connectivity index (χ0v) is 15.3. The number of likely N-dealkylation sites (N-methyl/N-ethyl adjacent to an activating group) is 1. The fourth-order valence-corrected chi connectivity index (χ4v) is 3.22. The maximum absolute atomic E-state index is 10.7. The summed E-state index contributed by atoms with van der Waals surface area (Å²) in [6, 6.07) is 10.3. The Hall–Kier alpha value is -1.59. The van der Waals surface area contributed by atoms with Crippen molar-refractivity contribution in [3.8, 4) is 0 Å². The van der Waals surface area contributed by atoms with Crippen LogP contribution in [0, 0.1) is 0 Å². The Balaban J connectivity index is 1.95. The summed E-state index contributed by atoms with van der Waals surface area (Å²) in [6.07, 6.45) is 2.51. The monoisotopic (exact) mass is 332 g/mol. The number of nitrogens with one attached hydrogen (secondary N) is 2. The minimum atomic E-state index is -0.966. The second kappa shape index (κ2) is 9.04. The van der Waals surface area contributed by atoms with Gasteiger partial charge in [-0.15, -0.1) is 0 Å². The highest BCUT2D eigenvalue weighted by Crippen LogP contribution is 2.20. The SMILES string of the molecule is CCNC(=NCC(C)(O)c1ccccc1)NCC1CCCN1CC. The minimum Gasteiger partial charge on any atom is -0.384 e. The van der Waals surface area contributed by atoms with Gasteiger partial charge in [-0.1, -0.05) is 37.3 Å². The molecule has 0 aliphatic carbocycles. The summed E-state index contributed by atoms with van der Waals surface area (Å²) in [7, 11) is 0. The van der Waals surface area contributed by atoms with E-state index in [1.165, 1.54) is 19.4 Å². The van der Waals surface area contributed by atoms with Gasteiger partial charge in [-0.3, -0.25) is 4.90 Å². The molecule has 1 aliphatic heterocycles. The Bertz CT molecular complexity index is 515. The molecule has 2 atom stereocenters. The molecule has 0 spiro atoms. The van der Waals surface area contributed by atoms with Gasteiger partial charge in [-0.05, 0) is 45.3 Å². The lowest BCUT2D eigenvalue weighted by molar-refractivity contribution is 0.0672. The number of rotatable bonds is 7. The molecule has 2 rings (SSSR count). The molecule has 0 radical (unpaired) electrons. The molecule has 0 saturated carbocycles. The fraction of sp³-hybridized carbons (Fsp3) is 0.632. The van der Waals surface area contributed by atoms with Gasteiger partial charge in [0.15, 0.2) is 5.96 Å². The van der Waals surface area contributed by atoms with Crippen molar-refractivity contribution in [1.82, 2.24) is 15.5 Å². The number of aliphatic imine (C=N–C) groups is 1. The van der Waals surface area contributed by atoms with E-state index >= 15 is 0 Å². The van der Waals surface area contributed by atoms with E-state index in [0.717, 1.165) is 31.2 Å². The van der Waals surface area contributed by atoms with Gasteiger partial charge in [0.05, 0.1) is 6.54 Å². The first kappa shape index (κ1) is 18.7. The Kier molecular flexibility index (Phi) is 7.06. The molecule has 3 N–H and O–H groups in total. The van der Waals surface area contributed by atoms with E-state index in [-0.39, 0.29) is 0 Å². The fourth-order valence-electron chi connectivity index (χ4n) is 3.22. The molecule has 0 aromatic heterocycles. The summed E-state index contributed by atoms with van der Waals surface area (Å²) < 4.78 is 0. The lowest BCUT2D eigenvalue weighted by atomic mass is 9.96. The quantitative estimate of drug-likeness (QED) is 0.527. The third-order valence-corrected chi connectivity index (χ3v) is 4.70. The van der Waals surface area contributed by atoms with Gasteiger partial charge in [0, 0.05) is 19.1 Å². The molecule has 1 saturated heterocycles. The standard InChI is InChI=1S/C19H32N4O/c1-4-20-18(21-14-17-12-9-13-23(17)5-2)22-15-19(3,24)16-10-7-6-8-11-16/h6-8,10-11,17,24H,4-5,9,12-15H2,1-3H3,(H2,20,21,22). The third kappa shape index (κ3) is 5.21. The number of benzene rings is 1. The molecule has 24 heavy (non-hydrogen) atoms. The first-order valence-electron chi connectivity index (χ1n) is 9.11. The molecule has 0 bridgehead atoms. The summed E-state index contributed by atoms with van der Waals surface area (Å²) in [5.41, 5.74) is -0.0792. The summed E-state index contributed by atoms with van der Waals surface area (Å²) in [4.78, 5) is 7.11. The van der Waals surface area contributed by atoms with Crippen LogP contribution >= 0.6 is 0 Å². The predicted molar refractivity (Wildman–Crippen MR) is 100 cm³/mol. The topological polar surface area (TPSA) is 59.9 Å². The van der Waals surface area contributed by atoms with E-state index in [1.807, 2.05) is 37.3 Å². The van der Waals surface area contributed by atoms with Crippen LogP contribution in [0.15, 0.2) is 35.3 Å². The van der Waals surface area contributed by atoms with Gasteiger partial charge >= 0.3 is 0 Å². The Labute approximate surface area is 146 Å². The van der Waals surface area contributed by atoms with Crippen molar-refractivity contribution in [2.24, 2.45) is 4.99 Å². The van der Waals surface area contributed by atoms with Gasteiger partial charge in [-0.2, -0.15) is 0 Å². The van der Waals surface area contributed by atoms with E-state index in [2.05, 4.69) is 34.4 Å². The van der Waals surface area contributed by atoms with Crippen LogP contribution in [0.4, 0.5) is 0 Å². The molecule has 5 nitrogen and oxygen atoms in total. The van der Waals surface area contributed by atoms with E-state index < -0.39 is 5.60 Å². The highest BCUT2D eigenvalue weighted by Gasteiger charge is 2.24. The molecule has 1 aliphatic rings. The summed E-state index contributed by atoms with van der Waals surface area (Å²) >= 11 is 0. The Morgan fingerprint density at radius 1 is 1.29 bits per heavy atom. The van der Waals surface area contributed by atoms with E-state index in [4.69, 9.17) is 0 Å². The molecular formula is C19H32N4O. The lowest BCUT2D eigenvalue weighted by Gasteiger charge is -2.25. The van der Waals surface area contributed by atoms with Crippen LogP contribution in [-0.4, -0.2) is 54.7 Å². The summed E-state index contributed by atoms with van der Waals surface area (Å²) in [5, 5.41) is 17.4. The van der Waals surface area contributed by atoms with Gasteiger partial charge in [0.2, 0.25) is 0 Å². The summed E-state index contributed by atoms with van der Waals surface area (Å²) in [5.74, 6) is 0.775. The van der Waals surface area contributed by atoms with Crippen molar-refractivity contribution in [2.75, 3.05) is 32.7 Å². The van der Waals surface area contributed by atoms with Crippen molar-refractivity contribution in [3.05, 3.63) is 35.9 Å². The maximum Gasteiger partial charge on any atom is 0.191 e. The highest BCUT2D eigenvalue weighted by atomic mass is 16.3. The van der Waals surface area contributed by atoms with E-state index in [1.54, 1.807) is 0 Å². The van der Waals surface area contributed by atoms with Crippen molar-refractivity contribution in [1.29, 1.82) is 0 Å². The number of hydrogen-bond acceptors (Lipinski definition) is 3. The van der Waals surface area contributed by atoms with E-state index in [9.17, 15) is 5.11 Å². The van der Waals surface area contributed by atoms with Crippen molar-refractivity contribution in [2.45, 2.75) is 45.3 Å². The zero-order chi connectivity index (χ0) is 17.4. The van der Waals surface area contributed by atoms with Crippen LogP contribution in [0.3, 0.4) is 0 Å². The number of hydrogen-bond donors (Lipinski definition) is 3. The molecule has 0 amide bonds. The van der Waals surface area contributed by atoms with Crippen LogP contribution in [0.5, 0.6) is 0 Å². The van der Waals surface area contributed by atoms with Gasteiger partial charge in [-0.25, -0.2) is 4.99 Å². The number of likely N-dealkylation sites (tertiary alicyclic amines) is 1. The maximum atomic E-state index is 10.7. The smallest absolute Gasteiger partial charge is 0.191 e. The predicted octanol–water partition coefficient (Wildman–Crippen LogP) is 1.93. The molecule has 1 aromatic carbocycles. The van der Waals surface area contributed by atoms with Gasteiger partial charge < -0.3 is 15.7 Å². The summed E-state index contributed by atoms with van der Waals surface area (Å²) in [6.45, 7) is 10.4. The Morgan fingerprint density at radius 2 is 2.04 bits per heavy atom. The third-order valence-electron chi connectivity index (χ3n) is 4.70. The lowest BCUT2D eigenvalue weighted by Crippen LogP contribution is -2.45. The van der Waals surface area contributed by atoms with Crippen molar-refractivity contribution in [3.63, 3.8) is 0 Å². The van der Waals surface area contributed by atoms with Crippen LogP contribution in [0.1, 0.15) is 39.2 Å². The number of aliphatic hydroxyl groups is 1. The van der Waals surface area contributed by atoms with Crippen LogP contribution in [0.25, 0.3) is 0 Å². The van der Waals surface area contributed by atoms with Crippen molar-refractivity contribution >= 4 is 5.96 Å². The van der Waals surface area contributed by atoms with Crippen LogP contribution in [0.2, 0.25) is 0 Å². The second-order valence-corrected chi connectivity index (χ2v) is 6.64. The van der Waals surface area contributed by atoms with Crippen LogP contribution in [-0.2, 0) is 5.60 Å². The number of guanidine groups is 1. The van der Waals surface area contributed by atoms with Gasteiger partial charge in [0.1, 0.15) is 5.60 Å². The molecule has 1 heterocycles. The molecule has 134 valence electrons. The highest BCUT2D eigenvalue weighted by molar-refractivity contribution is 5.79. The first-order chi connectivity index (χ1) is 11.6. The zero-order valence-electron chi connectivity index (χ0n) is 15.3. The van der Waals surface area contributed by atoms with Gasteiger partial charge in [0.25, 0.3) is 0 Å². The number of nitrogens with zero attached hydrogens (tertiary/aromatic N) is 2. The average Bonchev–Trinajstić information content (AvgIpc) is 3.06. The molecule has 2 unspecified atom stereocenters. The van der Waals surface area contributed by atoms with Crippen LogP contribution < -0.4 is 10.6 Å². The largest absolute Gasteiger partial charge is 0.384 e. The van der Waals surface area contributed by atoms with Crippen molar-refractivity contribution < 1.29 is 5.11 Å². The molecule has 1 fully saturated rings. The molecular weight excluding hydrogens is 300 g/mol. The molecule has 1 aromatic rings. The average molecular weight is 332 g/mol. The Morgan fingerprint density at radius 3 is 2.71 bits per heavy atom. The first-order valence-corrected chi connectivity index (χ1v) is 9.11. The minimum absolute atomic E-state index is 0.328.